The van der Waals surface area contributed by atoms with Gasteiger partial charge in [-0.15, -0.1) is 0 Å². The van der Waals surface area contributed by atoms with Crippen LogP contribution in [0.25, 0.3) is 0 Å². The van der Waals surface area contributed by atoms with Crippen LogP contribution in [-0.2, 0) is 0 Å². The molecule has 0 rings (SSSR count). The standard InChI is InChI=1S/C4H9.Cs.H/c1-3-4-2;;/h1,3-4H2,2H3;;. The molecule has 0 aliphatic heterocycles. The molecular formula is C4H10Cs. The molecule has 0 amide bonds. The van der Waals surface area contributed by atoms with Gasteiger partial charge in [-0.2, -0.15) is 0 Å². The zero-order valence-electron chi connectivity index (χ0n) is 3.12. The van der Waals surface area contributed by atoms with Gasteiger partial charge in [-0.25, -0.2) is 0 Å². The molecule has 0 atom stereocenters. The molecule has 27 valence electrons. The van der Waals surface area contributed by atoms with Gasteiger partial charge in [0.1, 0.15) is 0 Å². The first-order valence-electron chi connectivity index (χ1n) is 1.71. The molecule has 0 aromatic heterocycles. The molecule has 0 aliphatic carbocycles. The van der Waals surface area contributed by atoms with Gasteiger partial charge in [0, 0.05) is 0 Å². The molecule has 0 saturated carbocycles. The van der Waals surface area contributed by atoms with E-state index in [4.69, 9.17) is 0 Å². The Morgan fingerprint density at radius 2 is 1.80 bits per heavy atom. The summed E-state index contributed by atoms with van der Waals surface area (Å²) in [6, 6.07) is 0. The molecule has 0 unspecified atom stereocenters. The van der Waals surface area contributed by atoms with Crippen LogP contribution in [0.15, 0.2) is 0 Å². The third-order valence-corrected chi connectivity index (χ3v) is 0.354. The zero-order valence-corrected chi connectivity index (χ0v) is 3.12. The number of hydrogen-bond donors (Lipinski definition) is 0. The summed E-state index contributed by atoms with van der Waals surface area (Å²) in [6.07, 6.45) is 2.28. The summed E-state index contributed by atoms with van der Waals surface area (Å²) in [7, 11) is 0. The Labute approximate surface area is 93.1 Å². The molecular weight excluding hydrogens is 181 g/mol. The van der Waals surface area contributed by atoms with Gasteiger partial charge in [0.2, 0.25) is 0 Å². The van der Waals surface area contributed by atoms with E-state index in [1.807, 2.05) is 0 Å². The fraction of sp³-hybridized carbons (Fsp3) is 0.750. The fourth-order valence-electron chi connectivity index (χ4n) is 0. The van der Waals surface area contributed by atoms with Gasteiger partial charge in [0.15, 0.2) is 0 Å². The number of unbranched alkanes of at least 4 members (excludes halogenated alkanes) is 1. The Morgan fingerprint density at radius 1 is 1.60 bits per heavy atom. The van der Waals surface area contributed by atoms with Crippen molar-refractivity contribution in [2.75, 3.05) is 0 Å². The van der Waals surface area contributed by atoms with Crippen molar-refractivity contribution in [2.45, 2.75) is 19.8 Å². The second-order valence-electron chi connectivity index (χ2n) is 0.854. The van der Waals surface area contributed by atoms with E-state index < -0.39 is 0 Å². The third kappa shape index (κ3) is 10.7. The number of rotatable bonds is 1. The SMILES string of the molecule is [CH2]CCC.[CsH]. The maximum absolute atomic E-state index is 3.60. The topological polar surface area (TPSA) is 0 Å². The molecule has 1 heteroatoms. The van der Waals surface area contributed by atoms with Crippen molar-refractivity contribution >= 4 is 68.9 Å². The molecule has 1 radical (unpaired) electrons. The molecule has 0 aliphatic rings. The summed E-state index contributed by atoms with van der Waals surface area (Å²) >= 11 is 0. The summed E-state index contributed by atoms with van der Waals surface area (Å²) in [6.45, 7) is 5.72. The summed E-state index contributed by atoms with van der Waals surface area (Å²) in [5.41, 5.74) is 0. The van der Waals surface area contributed by atoms with Gasteiger partial charge in [-0.05, 0) is 0 Å². The van der Waals surface area contributed by atoms with Gasteiger partial charge in [0.05, 0.1) is 0 Å². The average molecular weight is 191 g/mol. The Kier molecular flexibility index (Phi) is 19.0. The first-order valence-corrected chi connectivity index (χ1v) is 1.71. The average Bonchev–Trinajstić information content (AvgIpc) is 1.37. The van der Waals surface area contributed by atoms with E-state index in [2.05, 4.69) is 13.8 Å². The first-order chi connectivity index (χ1) is 1.91. The van der Waals surface area contributed by atoms with Crippen LogP contribution in [0.5, 0.6) is 0 Å². The van der Waals surface area contributed by atoms with Crippen molar-refractivity contribution in [3.8, 4) is 0 Å². The summed E-state index contributed by atoms with van der Waals surface area (Å²) < 4.78 is 0. The van der Waals surface area contributed by atoms with E-state index in [1.165, 1.54) is 6.42 Å². The van der Waals surface area contributed by atoms with Crippen LogP contribution >= 0.6 is 0 Å². The Balaban J connectivity index is 0. The molecule has 5 heavy (non-hydrogen) atoms. The fourth-order valence-corrected chi connectivity index (χ4v) is 0. The van der Waals surface area contributed by atoms with Gasteiger partial charge < -0.3 is 0 Å². The molecule has 0 saturated heterocycles. The minimum absolute atomic E-state index is 0. The van der Waals surface area contributed by atoms with E-state index >= 15 is 0 Å². The van der Waals surface area contributed by atoms with Crippen molar-refractivity contribution in [3.63, 3.8) is 0 Å². The van der Waals surface area contributed by atoms with Crippen molar-refractivity contribution in [2.24, 2.45) is 0 Å². The van der Waals surface area contributed by atoms with E-state index in [0.29, 0.717) is 0 Å². The van der Waals surface area contributed by atoms with Crippen LogP contribution in [0.4, 0.5) is 0 Å². The molecule has 0 aromatic rings. The second-order valence-corrected chi connectivity index (χ2v) is 0.854. The Bertz CT molecular complexity index is 5.61. The maximum atomic E-state index is 3.60. The van der Waals surface area contributed by atoms with Gasteiger partial charge in [0.25, 0.3) is 0 Å². The predicted octanol–water partition coefficient (Wildman–Crippen LogP) is 0.972. The van der Waals surface area contributed by atoms with Gasteiger partial charge in [-0.3, -0.25) is 0 Å². The molecule has 0 aromatic carbocycles. The first kappa shape index (κ1) is 10.1. The number of hydrogen-bond acceptors (Lipinski definition) is 0. The van der Waals surface area contributed by atoms with Gasteiger partial charge >= 0.3 is 68.9 Å². The van der Waals surface area contributed by atoms with Crippen LogP contribution in [0.3, 0.4) is 0 Å². The monoisotopic (exact) mass is 191 g/mol. The van der Waals surface area contributed by atoms with Crippen molar-refractivity contribution in [3.05, 3.63) is 6.92 Å². The molecule has 0 heterocycles. The molecule has 0 bridgehead atoms. The Hall–Kier alpha value is 2.05. The third-order valence-electron chi connectivity index (χ3n) is 0.354. The van der Waals surface area contributed by atoms with Gasteiger partial charge in [-0.1, -0.05) is 26.7 Å². The van der Waals surface area contributed by atoms with Crippen LogP contribution in [-0.4, -0.2) is 68.9 Å². The predicted molar refractivity (Wildman–Crippen MR) is 27.4 cm³/mol. The van der Waals surface area contributed by atoms with Crippen LogP contribution in [0, 0.1) is 6.92 Å². The molecule has 0 fully saturated rings. The second kappa shape index (κ2) is 9.41. The quantitative estimate of drug-likeness (QED) is 0.579. The molecule has 0 nitrogen and oxygen atoms in total. The molecule has 0 spiro atoms. The summed E-state index contributed by atoms with van der Waals surface area (Å²) in [5.74, 6) is 0. The van der Waals surface area contributed by atoms with Crippen molar-refractivity contribution < 1.29 is 0 Å². The van der Waals surface area contributed by atoms with Crippen molar-refractivity contribution in [1.29, 1.82) is 0 Å². The summed E-state index contributed by atoms with van der Waals surface area (Å²) in [5, 5.41) is 0. The van der Waals surface area contributed by atoms with E-state index in [9.17, 15) is 0 Å². The molecule has 0 N–H and O–H groups in total. The van der Waals surface area contributed by atoms with E-state index in [0.717, 1.165) is 6.42 Å². The normalized spacial score (nSPS) is 6.00. The van der Waals surface area contributed by atoms with E-state index in [-0.39, 0.29) is 68.9 Å². The van der Waals surface area contributed by atoms with Crippen LogP contribution in [0.1, 0.15) is 19.8 Å². The van der Waals surface area contributed by atoms with Crippen LogP contribution < -0.4 is 0 Å². The van der Waals surface area contributed by atoms with E-state index in [1.54, 1.807) is 0 Å². The zero-order chi connectivity index (χ0) is 3.41. The van der Waals surface area contributed by atoms with Crippen LogP contribution in [0.2, 0.25) is 0 Å². The summed E-state index contributed by atoms with van der Waals surface area (Å²) in [4.78, 5) is 0. The Morgan fingerprint density at radius 3 is 1.80 bits per heavy atom. The minimum atomic E-state index is 0. The van der Waals surface area contributed by atoms with Crippen molar-refractivity contribution in [1.82, 2.24) is 0 Å².